The molecule has 0 aliphatic rings. The molecule has 4 heteroatoms. The van der Waals surface area contributed by atoms with E-state index >= 15 is 0 Å². The third-order valence-electron chi connectivity index (χ3n) is 2.14. The molecule has 0 atom stereocenters. The molecule has 21 heavy (non-hydrogen) atoms. The molecule has 0 spiro atoms. The lowest BCUT2D eigenvalue weighted by Gasteiger charge is -1.96. The Morgan fingerprint density at radius 3 is 1.90 bits per heavy atom. The summed E-state index contributed by atoms with van der Waals surface area (Å²) in [6.07, 6.45) is 1.79. The molecular weight excluding hydrogens is 280 g/mol. The van der Waals surface area contributed by atoms with Gasteiger partial charge in [-0.2, -0.15) is 0 Å². The van der Waals surface area contributed by atoms with E-state index in [1.807, 2.05) is 43.8 Å². The minimum Gasteiger partial charge on any atom is -0.412 e. The van der Waals surface area contributed by atoms with Crippen molar-refractivity contribution in [3.05, 3.63) is 59.9 Å². The summed E-state index contributed by atoms with van der Waals surface area (Å²) in [6, 6.07) is 14.5. The van der Waals surface area contributed by atoms with Crippen LogP contribution in [0.15, 0.2) is 53.6 Å². The van der Waals surface area contributed by atoms with Crippen LogP contribution in [0.5, 0.6) is 0 Å². The van der Waals surface area contributed by atoms with E-state index < -0.39 is 0 Å². The van der Waals surface area contributed by atoms with Crippen molar-refractivity contribution in [1.82, 2.24) is 4.98 Å². The van der Waals surface area contributed by atoms with Crippen LogP contribution in [0.2, 0.25) is 0 Å². The number of aryl methyl sites for hydroxylation is 2. The molecule has 2 aromatic rings. The molecule has 0 radical (unpaired) electrons. The van der Waals surface area contributed by atoms with Crippen molar-refractivity contribution in [3.8, 4) is 0 Å². The zero-order chi connectivity index (χ0) is 15.2. The van der Waals surface area contributed by atoms with Gasteiger partial charge in [-0.25, -0.2) is 0 Å². The highest BCUT2D eigenvalue weighted by Gasteiger charge is 1.88. The van der Waals surface area contributed by atoms with Gasteiger partial charge < -0.3 is 11.2 Å². The Morgan fingerprint density at radius 2 is 1.57 bits per heavy atom. The zero-order valence-corrected chi connectivity index (χ0v) is 14.3. The average Bonchev–Trinajstić information content (AvgIpc) is 2.44. The van der Waals surface area contributed by atoms with Gasteiger partial charge in [-0.1, -0.05) is 37.6 Å². The summed E-state index contributed by atoms with van der Waals surface area (Å²) >= 11 is 1.88. The highest BCUT2D eigenvalue weighted by Crippen LogP contribution is 2.16. The fourth-order valence-electron chi connectivity index (χ4n) is 1.25. The molecule has 0 saturated heterocycles. The molecule has 1 heterocycles. The van der Waals surface area contributed by atoms with E-state index in [1.54, 1.807) is 6.20 Å². The molecular formula is C17H28N2OS. The number of aromatic nitrogens is 1. The first-order valence-corrected chi connectivity index (χ1v) is 7.89. The largest absolute Gasteiger partial charge is 0.412 e. The maximum atomic E-state index is 4.85. The summed E-state index contributed by atoms with van der Waals surface area (Å²) in [7, 11) is 0. The van der Waals surface area contributed by atoms with E-state index in [9.17, 15) is 0 Å². The van der Waals surface area contributed by atoms with Crippen LogP contribution in [0.3, 0.4) is 0 Å². The summed E-state index contributed by atoms with van der Waals surface area (Å²) in [5.74, 6) is 1.16. The molecule has 1 aromatic heterocycles. The van der Waals surface area contributed by atoms with Gasteiger partial charge in [0.05, 0.1) is 0 Å². The lowest BCUT2D eigenvalue weighted by atomic mass is 10.2. The highest BCUT2D eigenvalue weighted by atomic mass is 32.2. The number of pyridine rings is 1. The highest BCUT2D eigenvalue weighted by molar-refractivity contribution is 7.99. The SMILES string of the molecule is CCN.CCSc1ccc(C)cc1.Cc1ccccn1.O. The van der Waals surface area contributed by atoms with Gasteiger partial charge in [0, 0.05) is 16.8 Å². The first-order chi connectivity index (χ1) is 9.63. The molecule has 0 unspecified atom stereocenters. The fourth-order valence-corrected chi connectivity index (χ4v) is 1.91. The molecule has 0 saturated carbocycles. The quantitative estimate of drug-likeness (QED) is 0.861. The van der Waals surface area contributed by atoms with E-state index in [1.165, 1.54) is 10.5 Å². The van der Waals surface area contributed by atoms with Gasteiger partial charge in [-0.3, -0.25) is 4.98 Å². The Bertz CT molecular complexity index is 432. The molecule has 0 bridgehead atoms. The van der Waals surface area contributed by atoms with Crippen molar-refractivity contribution < 1.29 is 5.48 Å². The topological polar surface area (TPSA) is 70.4 Å². The molecule has 3 nitrogen and oxygen atoms in total. The Balaban J connectivity index is 0. The second-order valence-corrected chi connectivity index (χ2v) is 5.46. The van der Waals surface area contributed by atoms with Gasteiger partial charge in [0.2, 0.25) is 0 Å². The molecule has 0 aliphatic heterocycles. The van der Waals surface area contributed by atoms with Crippen LogP contribution < -0.4 is 5.73 Å². The Labute approximate surface area is 133 Å². The van der Waals surface area contributed by atoms with Crippen LogP contribution in [0.4, 0.5) is 0 Å². The third kappa shape index (κ3) is 13.4. The van der Waals surface area contributed by atoms with Gasteiger partial charge >= 0.3 is 0 Å². The van der Waals surface area contributed by atoms with Crippen molar-refractivity contribution >= 4 is 11.8 Å². The first-order valence-electron chi connectivity index (χ1n) is 6.91. The lowest BCUT2D eigenvalue weighted by Crippen LogP contribution is -1.87. The predicted octanol–water partition coefficient (Wildman–Crippen LogP) is 3.64. The van der Waals surface area contributed by atoms with Gasteiger partial charge in [0.15, 0.2) is 0 Å². The number of benzene rings is 1. The summed E-state index contributed by atoms with van der Waals surface area (Å²) in [6.45, 7) is 8.91. The molecule has 0 aliphatic carbocycles. The van der Waals surface area contributed by atoms with Crippen molar-refractivity contribution in [3.63, 3.8) is 0 Å². The average molecular weight is 308 g/mol. The molecule has 0 amide bonds. The van der Waals surface area contributed by atoms with E-state index in [0.717, 1.165) is 18.0 Å². The normalized spacial score (nSPS) is 8.43. The van der Waals surface area contributed by atoms with Gasteiger partial charge in [-0.15, -0.1) is 11.8 Å². The van der Waals surface area contributed by atoms with Crippen molar-refractivity contribution in [2.75, 3.05) is 12.3 Å². The third-order valence-corrected chi connectivity index (χ3v) is 3.04. The van der Waals surface area contributed by atoms with Crippen LogP contribution >= 0.6 is 11.8 Å². The Kier molecular flexibility index (Phi) is 15.7. The van der Waals surface area contributed by atoms with Crippen LogP contribution in [-0.2, 0) is 0 Å². The molecule has 118 valence electrons. The predicted molar refractivity (Wildman–Crippen MR) is 94.9 cm³/mol. The standard InChI is InChI=1S/C9H12S.C6H7N.C2H7N.H2O/c1-3-10-9-6-4-8(2)5-7-9;1-6-4-2-3-5-7-6;1-2-3;/h4-7H,3H2,1-2H3;2-5H,1H3;2-3H2,1H3;1H2. The fraction of sp³-hybridized carbons (Fsp3) is 0.353. The molecule has 1 aromatic carbocycles. The first kappa shape index (κ1) is 21.9. The Hall–Kier alpha value is -1.36. The second-order valence-electron chi connectivity index (χ2n) is 4.13. The monoisotopic (exact) mass is 308 g/mol. The Morgan fingerprint density at radius 1 is 1.00 bits per heavy atom. The van der Waals surface area contributed by atoms with E-state index in [2.05, 4.69) is 43.1 Å². The number of thioether (sulfide) groups is 1. The number of nitrogens with zero attached hydrogens (tertiary/aromatic N) is 1. The van der Waals surface area contributed by atoms with Crippen LogP contribution in [-0.4, -0.2) is 22.8 Å². The maximum absolute atomic E-state index is 4.85. The zero-order valence-electron chi connectivity index (χ0n) is 13.5. The lowest BCUT2D eigenvalue weighted by molar-refractivity contribution is 0.824. The van der Waals surface area contributed by atoms with Crippen LogP contribution in [0.25, 0.3) is 0 Å². The number of rotatable bonds is 2. The smallest absolute Gasteiger partial charge is 0.0372 e. The van der Waals surface area contributed by atoms with E-state index in [4.69, 9.17) is 5.73 Å². The van der Waals surface area contributed by atoms with Gasteiger partial charge in [-0.05, 0) is 50.4 Å². The number of hydrogen-bond donors (Lipinski definition) is 1. The van der Waals surface area contributed by atoms with E-state index in [0.29, 0.717) is 0 Å². The van der Waals surface area contributed by atoms with Crippen molar-refractivity contribution in [2.24, 2.45) is 5.73 Å². The summed E-state index contributed by atoms with van der Waals surface area (Å²) in [4.78, 5) is 5.35. The van der Waals surface area contributed by atoms with Crippen LogP contribution in [0.1, 0.15) is 25.1 Å². The van der Waals surface area contributed by atoms with Crippen molar-refractivity contribution in [2.45, 2.75) is 32.6 Å². The molecule has 2 rings (SSSR count). The molecule has 4 N–H and O–H groups in total. The second kappa shape index (κ2) is 15.0. The maximum Gasteiger partial charge on any atom is 0.0372 e. The minimum atomic E-state index is 0. The molecule has 0 fully saturated rings. The minimum absolute atomic E-state index is 0. The summed E-state index contributed by atoms with van der Waals surface area (Å²) in [5, 5.41) is 0. The summed E-state index contributed by atoms with van der Waals surface area (Å²) < 4.78 is 0. The van der Waals surface area contributed by atoms with Gasteiger partial charge in [0.1, 0.15) is 0 Å². The summed E-state index contributed by atoms with van der Waals surface area (Å²) in [5.41, 5.74) is 7.25. The van der Waals surface area contributed by atoms with Crippen LogP contribution in [0, 0.1) is 13.8 Å². The van der Waals surface area contributed by atoms with Crippen molar-refractivity contribution in [1.29, 1.82) is 0 Å². The van der Waals surface area contributed by atoms with Gasteiger partial charge in [0.25, 0.3) is 0 Å². The number of hydrogen-bond acceptors (Lipinski definition) is 3. The number of nitrogens with two attached hydrogens (primary N) is 1. The van der Waals surface area contributed by atoms with E-state index in [-0.39, 0.29) is 5.48 Å².